The van der Waals surface area contributed by atoms with Crippen LogP contribution in [0.3, 0.4) is 0 Å². The Balaban J connectivity index is 1.68. The Hall–Kier alpha value is -3.35. The third-order valence-electron chi connectivity index (χ3n) is 3.84. The molecule has 0 fully saturated rings. The molecule has 0 radical (unpaired) electrons. The van der Waals surface area contributed by atoms with Crippen molar-refractivity contribution in [2.75, 3.05) is 11.9 Å². The van der Waals surface area contributed by atoms with E-state index in [0.29, 0.717) is 29.7 Å². The summed E-state index contributed by atoms with van der Waals surface area (Å²) in [5.41, 5.74) is 2.65. The van der Waals surface area contributed by atoms with E-state index in [1.165, 1.54) is 6.07 Å². The molecule has 0 saturated heterocycles. The van der Waals surface area contributed by atoms with E-state index in [0.717, 1.165) is 5.56 Å². The van der Waals surface area contributed by atoms with Crippen LogP contribution in [-0.4, -0.2) is 33.2 Å². The van der Waals surface area contributed by atoms with Crippen molar-refractivity contribution in [2.45, 2.75) is 6.42 Å². The average Bonchev–Trinajstić information content (AvgIpc) is 2.96. The van der Waals surface area contributed by atoms with Crippen LogP contribution in [0.5, 0.6) is 0 Å². The van der Waals surface area contributed by atoms with Gasteiger partial charge in [-0.2, -0.15) is 0 Å². The molecule has 7 nitrogen and oxygen atoms in total. The first-order valence-corrected chi connectivity index (χ1v) is 7.82. The molecular weight excluding hydrogens is 320 g/mol. The number of hydrogen-bond donors (Lipinski definition) is 3. The van der Waals surface area contributed by atoms with Gasteiger partial charge in [0.05, 0.1) is 22.9 Å². The van der Waals surface area contributed by atoms with Crippen LogP contribution in [0.4, 0.5) is 10.5 Å². The molecule has 2 aromatic carbocycles. The number of urea groups is 1. The SMILES string of the molecule is Cn1cnc2cc(NC(=O)NCCc3ccccc3)cc(C(=O)O)c21. The van der Waals surface area contributed by atoms with Gasteiger partial charge >= 0.3 is 12.0 Å². The van der Waals surface area contributed by atoms with Crippen LogP contribution in [0.2, 0.25) is 0 Å². The Morgan fingerprint density at radius 2 is 1.96 bits per heavy atom. The number of carbonyl (C=O) groups excluding carboxylic acids is 1. The highest BCUT2D eigenvalue weighted by atomic mass is 16.4. The number of fused-ring (bicyclic) bond motifs is 1. The van der Waals surface area contributed by atoms with Gasteiger partial charge in [-0.3, -0.25) is 0 Å². The number of aryl methyl sites for hydroxylation is 1. The number of imidazole rings is 1. The van der Waals surface area contributed by atoms with Crippen molar-refractivity contribution in [3.63, 3.8) is 0 Å². The Morgan fingerprint density at radius 3 is 2.68 bits per heavy atom. The highest BCUT2D eigenvalue weighted by Gasteiger charge is 2.15. The molecule has 3 N–H and O–H groups in total. The molecule has 0 bridgehead atoms. The number of benzene rings is 2. The molecule has 1 aromatic heterocycles. The number of aromatic nitrogens is 2. The van der Waals surface area contributed by atoms with Gasteiger partial charge in [-0.25, -0.2) is 14.6 Å². The van der Waals surface area contributed by atoms with Crippen LogP contribution < -0.4 is 10.6 Å². The number of aromatic carboxylic acids is 1. The normalized spacial score (nSPS) is 10.6. The first-order chi connectivity index (χ1) is 12.0. The lowest BCUT2D eigenvalue weighted by Crippen LogP contribution is -2.30. The van der Waals surface area contributed by atoms with Crippen LogP contribution in [-0.2, 0) is 13.5 Å². The number of nitrogens with one attached hydrogen (secondary N) is 2. The fourth-order valence-electron chi connectivity index (χ4n) is 2.67. The third kappa shape index (κ3) is 3.77. The van der Waals surface area contributed by atoms with E-state index < -0.39 is 5.97 Å². The summed E-state index contributed by atoms with van der Waals surface area (Å²) in [6.45, 7) is 0.480. The fourth-order valence-corrected chi connectivity index (χ4v) is 2.67. The zero-order chi connectivity index (χ0) is 17.8. The fraction of sp³-hybridized carbons (Fsp3) is 0.167. The minimum absolute atomic E-state index is 0.0945. The second kappa shape index (κ2) is 7.04. The van der Waals surface area contributed by atoms with Crippen molar-refractivity contribution in [1.29, 1.82) is 0 Å². The Labute approximate surface area is 144 Å². The Bertz CT molecular complexity index is 919. The molecule has 25 heavy (non-hydrogen) atoms. The summed E-state index contributed by atoms with van der Waals surface area (Å²) in [7, 11) is 1.73. The smallest absolute Gasteiger partial charge is 0.337 e. The minimum atomic E-state index is -1.07. The van der Waals surface area contributed by atoms with Gasteiger partial charge in [-0.05, 0) is 24.1 Å². The Kier molecular flexibility index (Phi) is 4.65. The molecule has 3 aromatic rings. The molecule has 3 rings (SSSR count). The lowest BCUT2D eigenvalue weighted by Gasteiger charge is -2.09. The quantitative estimate of drug-likeness (QED) is 0.666. The molecule has 0 aliphatic carbocycles. The maximum atomic E-state index is 12.0. The van der Waals surface area contributed by atoms with E-state index >= 15 is 0 Å². The van der Waals surface area contributed by atoms with E-state index in [-0.39, 0.29) is 11.6 Å². The van der Waals surface area contributed by atoms with Crippen LogP contribution >= 0.6 is 0 Å². The van der Waals surface area contributed by atoms with Crippen LogP contribution in [0, 0.1) is 0 Å². The second-order valence-electron chi connectivity index (χ2n) is 5.67. The van der Waals surface area contributed by atoms with Crippen molar-refractivity contribution in [1.82, 2.24) is 14.9 Å². The van der Waals surface area contributed by atoms with E-state index in [4.69, 9.17) is 0 Å². The summed E-state index contributed by atoms with van der Waals surface area (Å²) in [5.74, 6) is -1.07. The van der Waals surface area contributed by atoms with Gasteiger partial charge < -0.3 is 20.3 Å². The van der Waals surface area contributed by atoms with Crippen molar-refractivity contribution in [3.05, 3.63) is 59.9 Å². The Morgan fingerprint density at radius 1 is 1.20 bits per heavy atom. The highest BCUT2D eigenvalue weighted by molar-refractivity contribution is 6.04. The van der Waals surface area contributed by atoms with Gasteiger partial charge in [-0.15, -0.1) is 0 Å². The molecule has 0 saturated carbocycles. The van der Waals surface area contributed by atoms with Gasteiger partial charge in [-0.1, -0.05) is 30.3 Å². The molecular formula is C18H18N4O3. The number of carbonyl (C=O) groups is 2. The van der Waals surface area contributed by atoms with Crippen LogP contribution in [0.15, 0.2) is 48.8 Å². The third-order valence-corrected chi connectivity index (χ3v) is 3.84. The van der Waals surface area contributed by atoms with E-state index in [2.05, 4.69) is 15.6 Å². The summed E-state index contributed by atoms with van der Waals surface area (Å²) >= 11 is 0. The van der Waals surface area contributed by atoms with Crippen molar-refractivity contribution in [2.24, 2.45) is 7.05 Å². The monoisotopic (exact) mass is 338 g/mol. The van der Waals surface area contributed by atoms with Crippen LogP contribution in [0.25, 0.3) is 11.0 Å². The molecule has 128 valence electrons. The minimum Gasteiger partial charge on any atom is -0.478 e. The molecule has 0 aliphatic rings. The van der Waals surface area contributed by atoms with Gasteiger partial charge in [0.2, 0.25) is 0 Å². The lowest BCUT2D eigenvalue weighted by molar-refractivity contribution is 0.0698. The van der Waals surface area contributed by atoms with Crippen molar-refractivity contribution < 1.29 is 14.7 Å². The van der Waals surface area contributed by atoms with Crippen molar-refractivity contribution >= 4 is 28.7 Å². The summed E-state index contributed by atoms with van der Waals surface area (Å²) in [5, 5.41) is 14.8. The lowest BCUT2D eigenvalue weighted by atomic mass is 10.1. The predicted molar refractivity (Wildman–Crippen MR) is 94.8 cm³/mol. The number of anilines is 1. The maximum absolute atomic E-state index is 12.0. The van der Waals surface area contributed by atoms with E-state index in [1.54, 1.807) is 24.0 Å². The standard InChI is InChI=1S/C18H18N4O3/c1-22-11-20-15-10-13(9-14(16(15)22)17(23)24)21-18(25)19-8-7-12-5-3-2-4-6-12/h2-6,9-11H,7-8H2,1H3,(H,23,24)(H2,19,21,25). The van der Waals surface area contributed by atoms with Gasteiger partial charge in [0.1, 0.15) is 0 Å². The first-order valence-electron chi connectivity index (χ1n) is 7.82. The number of nitrogens with zero attached hydrogens (tertiary/aromatic N) is 2. The number of rotatable bonds is 5. The average molecular weight is 338 g/mol. The topological polar surface area (TPSA) is 96.3 Å². The first kappa shape index (κ1) is 16.5. The van der Waals surface area contributed by atoms with Crippen LogP contribution in [0.1, 0.15) is 15.9 Å². The number of carboxylic acid groups (broad SMARTS) is 1. The molecule has 7 heteroatoms. The maximum Gasteiger partial charge on any atom is 0.337 e. The summed E-state index contributed by atoms with van der Waals surface area (Å²) in [6.07, 6.45) is 2.26. The summed E-state index contributed by atoms with van der Waals surface area (Å²) in [4.78, 5) is 27.7. The summed E-state index contributed by atoms with van der Waals surface area (Å²) in [6, 6.07) is 12.5. The van der Waals surface area contributed by atoms with Gasteiger partial charge in [0, 0.05) is 19.3 Å². The predicted octanol–water partition coefficient (Wildman–Crippen LogP) is 2.64. The number of amides is 2. The highest BCUT2D eigenvalue weighted by Crippen LogP contribution is 2.23. The zero-order valence-electron chi connectivity index (χ0n) is 13.7. The molecule has 0 spiro atoms. The largest absolute Gasteiger partial charge is 0.478 e. The van der Waals surface area contributed by atoms with Crippen molar-refractivity contribution in [3.8, 4) is 0 Å². The molecule has 2 amide bonds. The van der Waals surface area contributed by atoms with E-state index in [1.807, 2.05) is 30.3 Å². The number of hydrogen-bond acceptors (Lipinski definition) is 3. The second-order valence-corrected chi connectivity index (χ2v) is 5.67. The number of carboxylic acids is 1. The van der Waals surface area contributed by atoms with Gasteiger partial charge in [0.15, 0.2) is 0 Å². The molecule has 0 unspecified atom stereocenters. The van der Waals surface area contributed by atoms with E-state index in [9.17, 15) is 14.7 Å². The van der Waals surface area contributed by atoms with Gasteiger partial charge in [0.25, 0.3) is 0 Å². The summed E-state index contributed by atoms with van der Waals surface area (Å²) < 4.78 is 1.64. The zero-order valence-corrected chi connectivity index (χ0v) is 13.7. The molecule has 0 atom stereocenters. The molecule has 1 heterocycles. The molecule has 0 aliphatic heterocycles.